The summed E-state index contributed by atoms with van der Waals surface area (Å²) in [6, 6.07) is 0. The predicted molar refractivity (Wildman–Crippen MR) is 200 cm³/mol. The van der Waals surface area contributed by atoms with E-state index in [1.807, 2.05) is 0 Å². The third-order valence-corrected chi connectivity index (χ3v) is 16.1. The Morgan fingerprint density at radius 1 is 0.357 bits per heavy atom. The highest BCUT2D eigenvalue weighted by Gasteiger charge is 2.91. The van der Waals surface area contributed by atoms with Crippen LogP contribution in [0.15, 0.2) is 0 Å². The zero-order chi connectivity index (χ0) is 43.8. The predicted octanol–water partition coefficient (Wildman–Crippen LogP) is 15.7. The van der Waals surface area contributed by atoms with Crippen LogP contribution in [0.3, 0.4) is 0 Å². The number of alkyl halides is 13. The number of unbranched alkanes of at least 4 members (excludes halogenated alkanes) is 20. The molecule has 340 valence electrons. The van der Waals surface area contributed by atoms with Crippen LogP contribution in [0, 0.1) is 0 Å². The van der Waals surface area contributed by atoms with Gasteiger partial charge < -0.3 is 4.55 Å². The van der Waals surface area contributed by atoms with Crippen molar-refractivity contribution in [3.05, 3.63) is 0 Å². The number of hydrogen-bond acceptors (Lipinski definition) is 3. The molecule has 0 atom stereocenters. The van der Waals surface area contributed by atoms with E-state index in [2.05, 4.69) is 27.7 Å². The maximum Gasteiger partial charge on any atom is 0.460 e. The van der Waals surface area contributed by atoms with Crippen LogP contribution in [0.2, 0.25) is 0 Å². The van der Waals surface area contributed by atoms with E-state index in [4.69, 9.17) is 0 Å². The summed E-state index contributed by atoms with van der Waals surface area (Å²) in [5.41, 5.74) is 0. The van der Waals surface area contributed by atoms with Gasteiger partial charge in [-0.25, -0.2) is 8.42 Å². The molecule has 18 heteroatoms. The Kier molecular flexibility index (Phi) is 28.1. The Hall–Kier alpha value is -0.570. The summed E-state index contributed by atoms with van der Waals surface area (Å²) in [7, 11) is -8.55. The van der Waals surface area contributed by atoms with Crippen molar-refractivity contribution in [1.82, 2.24) is 0 Å². The lowest BCUT2D eigenvalue weighted by Crippen LogP contribution is -2.71. The molecule has 56 heavy (non-hydrogen) atoms. The van der Waals surface area contributed by atoms with E-state index in [0.29, 0.717) is 0 Å². The van der Waals surface area contributed by atoms with Gasteiger partial charge in [0, 0.05) is 7.26 Å². The topological polar surface area (TPSA) is 57.2 Å². The Balaban J connectivity index is 0. The smallest absolute Gasteiger partial charge is 0.460 e. The van der Waals surface area contributed by atoms with Crippen molar-refractivity contribution in [2.24, 2.45) is 0 Å². The number of halogens is 13. The molecule has 0 radical (unpaired) electrons. The Morgan fingerprint density at radius 2 is 0.571 bits per heavy atom. The minimum absolute atomic E-state index is 0.697. The molecule has 0 aromatic carbocycles. The van der Waals surface area contributed by atoms with E-state index in [9.17, 15) is 70.0 Å². The molecule has 0 aliphatic rings. The molecule has 0 heterocycles. The molecule has 0 spiro atoms. The lowest BCUT2D eigenvalue weighted by molar-refractivity contribution is -0.433. The molecule has 0 bridgehead atoms. The molecule has 0 aromatic heterocycles. The van der Waals surface area contributed by atoms with E-state index in [1.165, 1.54) is 128 Å². The van der Waals surface area contributed by atoms with Crippen LogP contribution in [0.1, 0.15) is 182 Å². The molecule has 0 fully saturated rings. The van der Waals surface area contributed by atoms with E-state index >= 15 is 0 Å². The van der Waals surface area contributed by atoms with E-state index in [0.717, 1.165) is 0 Å². The molecule has 0 aliphatic carbocycles. The van der Waals surface area contributed by atoms with Gasteiger partial charge in [0.1, 0.15) is 0 Å². The summed E-state index contributed by atoms with van der Waals surface area (Å²) in [5, 5.41) is -7.63. The van der Waals surface area contributed by atoms with Crippen molar-refractivity contribution in [3.63, 3.8) is 0 Å². The molecule has 0 saturated carbocycles. The lowest BCUT2D eigenvalue weighted by Gasteiger charge is -2.39. The Bertz CT molecular complexity index is 1070. The average Bonchev–Trinajstić information content (AvgIpc) is 3.10. The summed E-state index contributed by atoms with van der Waals surface area (Å²) in [6.45, 7) is 9.41. The van der Waals surface area contributed by atoms with Crippen LogP contribution in [0.25, 0.3) is 0 Å². The van der Waals surface area contributed by atoms with Gasteiger partial charge in [-0.3, -0.25) is 0 Å². The van der Waals surface area contributed by atoms with Crippen molar-refractivity contribution < 1.29 is 70.0 Å². The molecule has 0 aliphatic heterocycles. The van der Waals surface area contributed by atoms with Crippen LogP contribution in [-0.4, -0.2) is 72.7 Å². The molecule has 3 nitrogen and oxygen atoms in total. The summed E-state index contributed by atoms with van der Waals surface area (Å²) in [5.74, 6) is -32.6. The second kappa shape index (κ2) is 27.3. The second-order valence-electron chi connectivity index (χ2n) is 15.1. The monoisotopic (exact) mass is 882 g/mol. The zero-order valence-corrected chi connectivity index (χ0v) is 35.5. The first kappa shape index (κ1) is 57.5. The molecule has 0 N–H and O–H groups in total. The average molecular weight is 883 g/mol. The fraction of sp³-hybridized carbons (Fsp3) is 1.00. The maximum atomic E-state index is 12.7. The molecule has 0 rings (SSSR count). The molecule has 0 amide bonds. The van der Waals surface area contributed by atoms with E-state index in [-0.39, 0.29) is 0 Å². The first-order chi connectivity index (χ1) is 25.7. The van der Waals surface area contributed by atoms with Crippen LogP contribution >= 0.6 is 7.26 Å². The fourth-order valence-corrected chi connectivity index (χ4v) is 11.9. The normalized spacial score (nSPS) is 13.9. The summed E-state index contributed by atoms with van der Waals surface area (Å²) < 4.78 is 189. The van der Waals surface area contributed by atoms with E-state index in [1.54, 1.807) is 50.3 Å². The van der Waals surface area contributed by atoms with Crippen LogP contribution < -0.4 is 0 Å². The van der Waals surface area contributed by atoms with Gasteiger partial charge in [0.05, 0.1) is 24.6 Å². The van der Waals surface area contributed by atoms with Crippen molar-refractivity contribution in [1.29, 1.82) is 0 Å². The fourth-order valence-electron chi connectivity index (χ4n) is 6.49. The lowest BCUT2D eigenvalue weighted by atomic mass is 9.98. The first-order valence-corrected chi connectivity index (χ1v) is 24.4. The van der Waals surface area contributed by atoms with E-state index < -0.39 is 52.5 Å². The third-order valence-electron chi connectivity index (χ3n) is 10.2. The highest BCUT2D eigenvalue weighted by atomic mass is 32.2. The standard InChI is InChI=1S/C32H68P.C6HF13O3S/c1-5-9-13-17-18-19-20-21-22-23-24-28-32-33(29-25-14-10-6-2,30-26-15-11-7-3)31-27-16-12-8-4;7-1(8,3(11,12)5(15,16)17)2(9,10)4(13,14)6(18,19)23(20,21)22/h5-32H2,1-4H3;(H,20,21,22)/q+1;/p-1. The van der Waals surface area contributed by atoms with Gasteiger partial charge in [-0.2, -0.15) is 57.1 Å². The van der Waals surface area contributed by atoms with Gasteiger partial charge in [-0.05, 0) is 51.4 Å². The molecular formula is C38H68F13O3PS. The molecule has 0 unspecified atom stereocenters. The van der Waals surface area contributed by atoms with Crippen molar-refractivity contribution >= 4 is 17.4 Å². The van der Waals surface area contributed by atoms with Gasteiger partial charge >= 0.3 is 35.1 Å². The highest BCUT2D eigenvalue weighted by molar-refractivity contribution is 7.86. The van der Waals surface area contributed by atoms with Gasteiger partial charge in [0.25, 0.3) is 0 Å². The second-order valence-corrected chi connectivity index (χ2v) is 21.0. The molecule has 0 aromatic rings. The Morgan fingerprint density at radius 3 is 0.804 bits per heavy atom. The van der Waals surface area contributed by atoms with Crippen molar-refractivity contribution in [2.75, 3.05) is 24.6 Å². The highest BCUT2D eigenvalue weighted by Crippen LogP contribution is 2.62. The van der Waals surface area contributed by atoms with Crippen LogP contribution in [-0.2, 0) is 10.1 Å². The Labute approximate surface area is 328 Å². The number of hydrogen-bond donors (Lipinski definition) is 0. The zero-order valence-electron chi connectivity index (χ0n) is 33.8. The molecule has 0 saturated heterocycles. The van der Waals surface area contributed by atoms with Gasteiger partial charge in [-0.1, -0.05) is 130 Å². The van der Waals surface area contributed by atoms with Crippen molar-refractivity contribution in [2.45, 2.75) is 217 Å². The summed E-state index contributed by atoms with van der Waals surface area (Å²) in [4.78, 5) is 0. The summed E-state index contributed by atoms with van der Waals surface area (Å²) >= 11 is 0. The molecular weight excluding hydrogens is 814 g/mol. The SMILES string of the molecule is CCCCCCCCCCCCCC[P+](CCCCCC)(CCCCCC)CCCCCC.O=S(=O)([O-])C(F)(F)C(F)(F)C(F)(F)C(F)(F)C(F)(F)C(F)(F)F. The minimum atomic E-state index is -8.29. The van der Waals surface area contributed by atoms with Gasteiger partial charge in [0.2, 0.25) is 0 Å². The number of rotatable bonds is 33. The van der Waals surface area contributed by atoms with Gasteiger partial charge in [0.15, 0.2) is 10.1 Å². The largest absolute Gasteiger partial charge is 0.743 e. The van der Waals surface area contributed by atoms with Gasteiger partial charge in [-0.15, -0.1) is 0 Å². The quantitative estimate of drug-likeness (QED) is 0.0286. The third kappa shape index (κ3) is 18.4. The minimum Gasteiger partial charge on any atom is -0.743 e. The van der Waals surface area contributed by atoms with Crippen LogP contribution in [0.5, 0.6) is 0 Å². The maximum absolute atomic E-state index is 12.7. The summed E-state index contributed by atoms with van der Waals surface area (Å²) in [6.07, 6.45) is 34.5. The first-order valence-electron chi connectivity index (χ1n) is 20.5. The van der Waals surface area contributed by atoms with Crippen LogP contribution in [0.4, 0.5) is 57.1 Å². The van der Waals surface area contributed by atoms with Crippen molar-refractivity contribution in [3.8, 4) is 0 Å².